The van der Waals surface area contributed by atoms with Crippen molar-refractivity contribution < 1.29 is 14.3 Å². The lowest BCUT2D eigenvalue weighted by molar-refractivity contribution is -0.134. The summed E-state index contributed by atoms with van der Waals surface area (Å²) >= 11 is 0. The summed E-state index contributed by atoms with van der Waals surface area (Å²) in [6, 6.07) is 3.95. The number of rotatable bonds is 4. The van der Waals surface area contributed by atoms with E-state index in [0.717, 1.165) is 17.7 Å². The van der Waals surface area contributed by atoms with Crippen LogP contribution in [-0.4, -0.2) is 35.3 Å². The maximum atomic E-state index is 11.2. The Bertz CT molecular complexity index is 540. The van der Waals surface area contributed by atoms with Gasteiger partial charge in [-0.1, -0.05) is 0 Å². The Kier molecular flexibility index (Phi) is 5.11. The molecular weight excluding hydrogens is 268 g/mol. The van der Waals surface area contributed by atoms with E-state index in [0.29, 0.717) is 0 Å². The van der Waals surface area contributed by atoms with E-state index < -0.39 is 0 Å². The number of hydrogen-bond acceptors (Lipinski definition) is 5. The van der Waals surface area contributed by atoms with E-state index in [-0.39, 0.29) is 18.3 Å². The molecule has 0 N–H and O–H groups in total. The second kappa shape index (κ2) is 7.04. The summed E-state index contributed by atoms with van der Waals surface area (Å²) in [4.78, 5) is 17.3. The molecule has 1 aliphatic rings. The zero-order valence-electron chi connectivity index (χ0n) is 12.5. The van der Waals surface area contributed by atoms with E-state index in [4.69, 9.17) is 4.74 Å². The maximum absolute atomic E-state index is 11.2. The quantitative estimate of drug-likeness (QED) is 0.628. The van der Waals surface area contributed by atoms with Gasteiger partial charge in [-0.3, -0.25) is 4.98 Å². The zero-order valence-corrected chi connectivity index (χ0v) is 12.5. The van der Waals surface area contributed by atoms with Crippen LogP contribution in [0.3, 0.4) is 0 Å². The largest absolute Gasteiger partial charge is 0.466 e. The molecule has 0 aliphatic carbocycles. The third-order valence-electron chi connectivity index (χ3n) is 3.38. The third-order valence-corrected chi connectivity index (χ3v) is 3.38. The Hall–Kier alpha value is -2.14. The van der Waals surface area contributed by atoms with Crippen molar-refractivity contribution in [1.29, 1.82) is 0 Å². The molecule has 0 spiro atoms. The van der Waals surface area contributed by atoms with E-state index in [1.165, 1.54) is 13.2 Å². The zero-order chi connectivity index (χ0) is 15.2. The van der Waals surface area contributed by atoms with Crippen LogP contribution in [0.5, 0.6) is 0 Å². The van der Waals surface area contributed by atoms with Gasteiger partial charge in [0.15, 0.2) is 0 Å². The number of aromatic nitrogens is 1. The number of hydrogen-bond donors (Lipinski definition) is 0. The first-order valence-corrected chi connectivity index (χ1v) is 6.88. The van der Waals surface area contributed by atoms with Crippen molar-refractivity contribution in [3.63, 3.8) is 0 Å². The minimum atomic E-state index is -0.373. The first kappa shape index (κ1) is 15.3. The molecule has 2 rings (SSSR count). The highest BCUT2D eigenvalue weighted by Crippen LogP contribution is 2.22. The molecule has 1 aromatic heterocycles. The fraction of sp³-hybridized carbons (Fsp3) is 0.375. The van der Waals surface area contributed by atoms with Crippen LogP contribution in [0.4, 0.5) is 0 Å². The molecule has 112 valence electrons. The summed E-state index contributed by atoms with van der Waals surface area (Å²) in [6.07, 6.45) is 8.63. The van der Waals surface area contributed by atoms with Crippen LogP contribution in [0.2, 0.25) is 0 Å². The molecule has 0 saturated carbocycles. The molecule has 2 atom stereocenters. The molecule has 5 nitrogen and oxygen atoms in total. The number of carbonyl (C=O) groups excluding carboxylic acids is 1. The van der Waals surface area contributed by atoms with Crippen molar-refractivity contribution in [1.82, 2.24) is 9.88 Å². The van der Waals surface area contributed by atoms with Crippen molar-refractivity contribution in [2.45, 2.75) is 32.7 Å². The number of methoxy groups -OCH3 is 1. The summed E-state index contributed by atoms with van der Waals surface area (Å²) in [5.41, 5.74) is 2.09. The van der Waals surface area contributed by atoms with E-state index in [1.54, 1.807) is 18.5 Å². The number of carbonyl (C=O) groups is 1. The highest BCUT2D eigenvalue weighted by atomic mass is 16.5. The van der Waals surface area contributed by atoms with Gasteiger partial charge >= 0.3 is 5.97 Å². The minimum absolute atomic E-state index is 0.0246. The predicted molar refractivity (Wildman–Crippen MR) is 79.0 cm³/mol. The van der Waals surface area contributed by atoms with Gasteiger partial charge in [0.05, 0.1) is 13.2 Å². The summed E-state index contributed by atoms with van der Waals surface area (Å²) in [5, 5.41) is 0. The normalized spacial score (nSPS) is 22.2. The van der Waals surface area contributed by atoms with Crippen molar-refractivity contribution in [2.24, 2.45) is 0 Å². The third kappa shape index (κ3) is 4.16. The Labute approximate surface area is 124 Å². The Morgan fingerprint density at radius 2 is 2.14 bits per heavy atom. The number of esters is 1. The molecule has 21 heavy (non-hydrogen) atoms. The molecule has 0 bridgehead atoms. The molecule has 0 saturated heterocycles. The van der Waals surface area contributed by atoms with Gasteiger partial charge < -0.3 is 14.4 Å². The van der Waals surface area contributed by atoms with Gasteiger partial charge in [0.25, 0.3) is 0 Å². The number of pyridine rings is 1. The second-order valence-electron chi connectivity index (χ2n) is 4.89. The van der Waals surface area contributed by atoms with Gasteiger partial charge in [0, 0.05) is 31.2 Å². The summed E-state index contributed by atoms with van der Waals surface area (Å²) in [7, 11) is 1.36. The molecule has 5 heteroatoms. The minimum Gasteiger partial charge on any atom is -0.466 e. The van der Waals surface area contributed by atoms with Crippen molar-refractivity contribution in [2.75, 3.05) is 7.11 Å². The lowest BCUT2D eigenvalue weighted by Gasteiger charge is -2.36. The lowest BCUT2D eigenvalue weighted by atomic mass is 10.1. The van der Waals surface area contributed by atoms with E-state index in [1.807, 2.05) is 32.2 Å². The van der Waals surface area contributed by atoms with Crippen LogP contribution in [0.15, 0.2) is 48.5 Å². The Balaban J connectivity index is 2.14. The fourth-order valence-corrected chi connectivity index (χ4v) is 2.14. The van der Waals surface area contributed by atoms with Crippen LogP contribution in [0.25, 0.3) is 0 Å². The Morgan fingerprint density at radius 3 is 2.81 bits per heavy atom. The smallest absolute Gasteiger partial charge is 0.330 e. The molecule has 1 aliphatic heterocycles. The Morgan fingerprint density at radius 1 is 1.43 bits per heavy atom. The average molecular weight is 288 g/mol. The van der Waals surface area contributed by atoms with Crippen molar-refractivity contribution >= 4 is 5.97 Å². The van der Waals surface area contributed by atoms with E-state index >= 15 is 0 Å². The van der Waals surface area contributed by atoms with Gasteiger partial charge in [-0.15, -0.1) is 0 Å². The highest BCUT2D eigenvalue weighted by Gasteiger charge is 2.22. The first-order chi connectivity index (χ1) is 10.1. The van der Waals surface area contributed by atoms with Crippen LogP contribution in [0, 0.1) is 0 Å². The summed E-state index contributed by atoms with van der Waals surface area (Å²) in [6.45, 7) is 4.70. The summed E-state index contributed by atoms with van der Waals surface area (Å²) < 4.78 is 10.5. The molecule has 1 aromatic rings. The lowest BCUT2D eigenvalue weighted by Crippen LogP contribution is -2.38. The van der Waals surface area contributed by atoms with Crippen LogP contribution in [0.1, 0.15) is 19.4 Å². The van der Waals surface area contributed by atoms with Gasteiger partial charge in [-0.2, -0.15) is 0 Å². The maximum Gasteiger partial charge on any atom is 0.330 e. The van der Waals surface area contributed by atoms with Crippen LogP contribution < -0.4 is 0 Å². The van der Waals surface area contributed by atoms with Crippen molar-refractivity contribution in [3.8, 4) is 0 Å². The topological polar surface area (TPSA) is 51.7 Å². The van der Waals surface area contributed by atoms with Crippen LogP contribution in [-0.2, 0) is 20.8 Å². The molecule has 0 radical (unpaired) electrons. The van der Waals surface area contributed by atoms with Crippen LogP contribution >= 0.6 is 0 Å². The SMILES string of the molecule is COC(=O)/C=C/C1=CN(Cc2ccncc2)[C@H](C)O[C@@H]1C. The first-order valence-electron chi connectivity index (χ1n) is 6.88. The molecule has 0 amide bonds. The molecule has 0 aromatic carbocycles. The monoisotopic (exact) mass is 288 g/mol. The molecular formula is C16H20N2O3. The molecule has 0 fully saturated rings. The van der Waals surface area contributed by atoms with Gasteiger partial charge in [-0.25, -0.2) is 4.79 Å². The predicted octanol–water partition coefficient (Wildman–Crippen LogP) is 2.26. The van der Waals surface area contributed by atoms with Gasteiger partial charge in [-0.05, 0) is 43.2 Å². The molecule has 2 heterocycles. The van der Waals surface area contributed by atoms with E-state index in [2.05, 4.69) is 14.6 Å². The number of nitrogens with zero attached hydrogens (tertiary/aromatic N) is 2. The summed E-state index contributed by atoms with van der Waals surface area (Å²) in [5.74, 6) is -0.373. The second-order valence-corrected chi connectivity index (χ2v) is 4.89. The average Bonchev–Trinajstić information content (AvgIpc) is 2.49. The fourth-order valence-electron chi connectivity index (χ4n) is 2.14. The van der Waals surface area contributed by atoms with Gasteiger partial charge in [0.2, 0.25) is 0 Å². The van der Waals surface area contributed by atoms with Gasteiger partial charge in [0.1, 0.15) is 6.23 Å². The van der Waals surface area contributed by atoms with E-state index in [9.17, 15) is 4.79 Å². The number of ether oxygens (including phenoxy) is 2. The molecule has 0 unspecified atom stereocenters. The standard InChI is InChI=1S/C16H20N2O3/c1-12-15(4-5-16(19)20-3)11-18(13(2)21-12)10-14-6-8-17-9-7-14/h4-9,11-13H,10H2,1-3H3/b5-4+/t12-,13+/m1/s1. The van der Waals surface area contributed by atoms with Crippen molar-refractivity contribution in [3.05, 3.63) is 54.0 Å². The highest BCUT2D eigenvalue weighted by molar-refractivity contribution is 5.82.